The van der Waals surface area contributed by atoms with Gasteiger partial charge in [-0.2, -0.15) is 0 Å². The molecule has 4 nitrogen and oxygen atoms in total. The van der Waals surface area contributed by atoms with Crippen molar-refractivity contribution >= 4 is 63.2 Å². The Hall–Kier alpha value is -5.55. The Bertz CT molecular complexity index is 2590. The molecule has 10 rings (SSSR count). The van der Waals surface area contributed by atoms with Crippen molar-refractivity contribution in [3.63, 3.8) is 0 Å². The lowest BCUT2D eigenvalue weighted by Crippen LogP contribution is -2.61. The number of carbonyl (C=O) groups excluding carboxylic acids is 1. The maximum absolute atomic E-state index is 14.6. The highest BCUT2D eigenvalue weighted by atomic mass is 16.5. The van der Waals surface area contributed by atoms with Gasteiger partial charge in [0.1, 0.15) is 6.61 Å². The number of benzene rings is 6. The van der Waals surface area contributed by atoms with Gasteiger partial charge in [0, 0.05) is 22.7 Å². The van der Waals surface area contributed by atoms with Crippen molar-refractivity contribution in [2.24, 2.45) is 0 Å². The molecule has 6 aromatic carbocycles. The number of ether oxygens (including phenoxy) is 1. The SMILES string of the molecule is Cc1cc(C)c(N2c3cc(C4CCCCC4)ccc3B3c4cc5c(cc4N(c4c(C)cc(C)cc4C)c4cc(C(=O)OCc6ccccc6)cc2c43)CCC5)c(C)c1. The molecular formula is C53H53BN2O2. The molecule has 0 bridgehead atoms. The summed E-state index contributed by atoms with van der Waals surface area (Å²) in [5.41, 5.74) is 24.2. The first-order chi connectivity index (χ1) is 28.1. The van der Waals surface area contributed by atoms with Crippen LogP contribution >= 0.6 is 0 Å². The third-order valence-electron chi connectivity index (χ3n) is 13.5. The van der Waals surface area contributed by atoms with E-state index in [0.717, 1.165) is 29.8 Å². The highest BCUT2D eigenvalue weighted by Crippen LogP contribution is 2.49. The van der Waals surface area contributed by atoms with Crippen molar-refractivity contribution in [3.8, 4) is 0 Å². The van der Waals surface area contributed by atoms with Gasteiger partial charge in [-0.3, -0.25) is 0 Å². The van der Waals surface area contributed by atoms with Gasteiger partial charge in [-0.1, -0.05) is 103 Å². The molecule has 58 heavy (non-hydrogen) atoms. The van der Waals surface area contributed by atoms with Crippen molar-refractivity contribution in [3.05, 3.63) is 158 Å². The Morgan fingerprint density at radius 2 is 1.17 bits per heavy atom. The molecule has 0 unspecified atom stereocenters. The van der Waals surface area contributed by atoms with Crippen LogP contribution in [0.1, 0.15) is 110 Å². The summed E-state index contributed by atoms with van der Waals surface area (Å²) < 4.78 is 6.18. The van der Waals surface area contributed by atoms with Crippen LogP contribution in [-0.4, -0.2) is 12.7 Å². The summed E-state index contributed by atoms with van der Waals surface area (Å²) in [5.74, 6) is 0.248. The molecule has 4 aliphatic rings. The van der Waals surface area contributed by atoms with E-state index >= 15 is 0 Å². The fourth-order valence-electron chi connectivity index (χ4n) is 11.2. The molecule has 2 heterocycles. The number of rotatable bonds is 6. The Kier molecular flexibility index (Phi) is 9.11. The lowest BCUT2D eigenvalue weighted by molar-refractivity contribution is 0.0473. The van der Waals surface area contributed by atoms with E-state index in [-0.39, 0.29) is 19.3 Å². The first-order valence-electron chi connectivity index (χ1n) is 21.6. The van der Waals surface area contributed by atoms with Gasteiger partial charge < -0.3 is 14.5 Å². The summed E-state index contributed by atoms with van der Waals surface area (Å²) in [4.78, 5) is 19.6. The largest absolute Gasteiger partial charge is 0.457 e. The molecule has 0 spiro atoms. The predicted molar refractivity (Wildman–Crippen MR) is 242 cm³/mol. The summed E-state index contributed by atoms with van der Waals surface area (Å²) in [6, 6.07) is 36.0. The van der Waals surface area contributed by atoms with Gasteiger partial charge in [-0.15, -0.1) is 0 Å². The second-order valence-corrected chi connectivity index (χ2v) is 17.8. The Morgan fingerprint density at radius 1 is 0.603 bits per heavy atom. The van der Waals surface area contributed by atoms with Crippen LogP contribution in [-0.2, 0) is 24.2 Å². The molecule has 0 saturated heterocycles. The van der Waals surface area contributed by atoms with Gasteiger partial charge in [-0.05, 0) is 165 Å². The maximum Gasteiger partial charge on any atom is 0.338 e. The van der Waals surface area contributed by atoms with E-state index in [9.17, 15) is 4.79 Å². The minimum Gasteiger partial charge on any atom is -0.457 e. The lowest BCUT2D eigenvalue weighted by Gasteiger charge is -2.46. The molecule has 1 fully saturated rings. The highest BCUT2D eigenvalue weighted by molar-refractivity contribution is 7.00. The van der Waals surface area contributed by atoms with E-state index in [2.05, 4.69) is 118 Å². The number of anilines is 6. The normalized spacial score (nSPS) is 15.5. The molecule has 0 aromatic heterocycles. The molecular weight excluding hydrogens is 707 g/mol. The zero-order chi connectivity index (χ0) is 39.8. The second kappa shape index (κ2) is 14.4. The monoisotopic (exact) mass is 760 g/mol. The van der Waals surface area contributed by atoms with Gasteiger partial charge >= 0.3 is 5.97 Å². The summed E-state index contributed by atoms with van der Waals surface area (Å²) >= 11 is 0. The average molecular weight is 761 g/mol. The summed E-state index contributed by atoms with van der Waals surface area (Å²) in [7, 11) is 0. The lowest BCUT2D eigenvalue weighted by atomic mass is 9.33. The van der Waals surface area contributed by atoms with Crippen LogP contribution in [0.4, 0.5) is 34.1 Å². The Balaban J connectivity index is 1.29. The first-order valence-corrected chi connectivity index (χ1v) is 21.6. The molecule has 0 radical (unpaired) electrons. The number of hydrogen-bond donors (Lipinski definition) is 0. The summed E-state index contributed by atoms with van der Waals surface area (Å²) in [5, 5.41) is 0. The highest BCUT2D eigenvalue weighted by Gasteiger charge is 2.45. The standard InChI is InChI=1S/C53H53BN2O2/c1-32-22-34(3)51(35(4)23-32)55-46-28-42(39-16-11-8-12-17-39)20-21-44(46)54-45-26-40-18-13-19-41(40)27-47(45)56(52-36(5)24-33(2)25-37(52)6)49-30-43(29-48(55)50(49)54)53(57)58-31-38-14-9-7-10-15-38/h7,9-10,14-15,20-30,39H,8,11-13,16-19,31H2,1-6H3. The van der Waals surface area contributed by atoms with Crippen LogP contribution in [0.3, 0.4) is 0 Å². The van der Waals surface area contributed by atoms with E-state index in [1.807, 2.05) is 30.3 Å². The number of carbonyl (C=O) groups is 1. The van der Waals surface area contributed by atoms with Crippen molar-refractivity contribution in [2.75, 3.05) is 9.80 Å². The van der Waals surface area contributed by atoms with Crippen LogP contribution < -0.4 is 26.2 Å². The maximum atomic E-state index is 14.6. The van der Waals surface area contributed by atoms with E-state index in [1.54, 1.807) is 0 Å². The molecule has 290 valence electrons. The van der Waals surface area contributed by atoms with E-state index in [1.165, 1.54) is 128 Å². The van der Waals surface area contributed by atoms with Crippen LogP contribution in [0.15, 0.2) is 97.1 Å². The Morgan fingerprint density at radius 3 is 1.78 bits per heavy atom. The van der Waals surface area contributed by atoms with Gasteiger partial charge in [0.15, 0.2) is 0 Å². The fraction of sp³-hybridized carbons (Fsp3) is 0.302. The third kappa shape index (κ3) is 6.08. The van der Waals surface area contributed by atoms with Crippen molar-refractivity contribution < 1.29 is 9.53 Å². The van der Waals surface area contributed by atoms with Gasteiger partial charge in [0.05, 0.1) is 16.9 Å². The number of fused-ring (bicyclic) bond motifs is 5. The van der Waals surface area contributed by atoms with Crippen molar-refractivity contribution in [1.29, 1.82) is 0 Å². The molecule has 0 atom stereocenters. The minimum atomic E-state index is -0.310. The van der Waals surface area contributed by atoms with Gasteiger partial charge in [0.25, 0.3) is 6.71 Å². The minimum absolute atomic E-state index is 0.000293. The molecule has 2 aliphatic heterocycles. The number of aryl methyl sites for hydroxylation is 8. The van der Waals surface area contributed by atoms with Crippen molar-refractivity contribution in [2.45, 2.75) is 105 Å². The van der Waals surface area contributed by atoms with Crippen molar-refractivity contribution in [1.82, 2.24) is 0 Å². The van der Waals surface area contributed by atoms with Gasteiger partial charge in [-0.25, -0.2) is 4.79 Å². The zero-order valence-electron chi connectivity index (χ0n) is 35.0. The van der Waals surface area contributed by atoms with Crippen LogP contribution in [0.25, 0.3) is 0 Å². The third-order valence-corrected chi connectivity index (χ3v) is 13.5. The van der Waals surface area contributed by atoms with E-state index in [0.29, 0.717) is 11.5 Å². The second-order valence-electron chi connectivity index (χ2n) is 17.8. The summed E-state index contributed by atoms with van der Waals surface area (Å²) in [6.07, 6.45) is 9.78. The van der Waals surface area contributed by atoms with Crippen LogP contribution in [0.2, 0.25) is 0 Å². The predicted octanol–water partition coefficient (Wildman–Crippen LogP) is 11.5. The average Bonchev–Trinajstić information content (AvgIpc) is 3.68. The molecule has 2 aliphatic carbocycles. The quantitative estimate of drug-likeness (QED) is 0.125. The molecule has 5 heteroatoms. The molecule has 1 saturated carbocycles. The molecule has 0 N–H and O–H groups in total. The smallest absolute Gasteiger partial charge is 0.338 e. The number of nitrogens with zero attached hydrogens (tertiary/aromatic N) is 2. The fourth-order valence-corrected chi connectivity index (χ4v) is 11.2. The molecule has 6 aromatic rings. The number of esters is 1. The topological polar surface area (TPSA) is 32.8 Å². The van der Waals surface area contributed by atoms with Gasteiger partial charge in [0.2, 0.25) is 0 Å². The first kappa shape index (κ1) is 36.8. The summed E-state index contributed by atoms with van der Waals surface area (Å²) in [6.45, 7) is 13.6. The number of hydrogen-bond acceptors (Lipinski definition) is 4. The molecule has 0 amide bonds. The van der Waals surface area contributed by atoms with Crippen LogP contribution in [0, 0.1) is 41.5 Å². The zero-order valence-corrected chi connectivity index (χ0v) is 35.0. The van der Waals surface area contributed by atoms with Crippen LogP contribution in [0.5, 0.6) is 0 Å². The Labute approximate surface area is 345 Å². The van der Waals surface area contributed by atoms with E-state index in [4.69, 9.17) is 4.74 Å². The van der Waals surface area contributed by atoms with E-state index < -0.39 is 0 Å².